The topological polar surface area (TPSA) is 73.9 Å². The molecule has 0 saturated heterocycles. The van der Waals surface area contributed by atoms with Crippen LogP contribution in [0.4, 0.5) is 9.18 Å². The van der Waals surface area contributed by atoms with Crippen LogP contribution in [0.1, 0.15) is 26.3 Å². The van der Waals surface area contributed by atoms with Gasteiger partial charge in [0.15, 0.2) is 0 Å². The summed E-state index contributed by atoms with van der Waals surface area (Å²) in [5, 5.41) is 0. The van der Waals surface area contributed by atoms with Gasteiger partial charge in [0.25, 0.3) is 0 Å². The van der Waals surface area contributed by atoms with Crippen LogP contribution in [0, 0.1) is 5.82 Å². The van der Waals surface area contributed by atoms with Crippen LogP contribution in [0.3, 0.4) is 0 Å². The van der Waals surface area contributed by atoms with Gasteiger partial charge in [0, 0.05) is 12.0 Å². The van der Waals surface area contributed by atoms with Crippen molar-refractivity contribution < 1.29 is 18.7 Å². The molecule has 0 aromatic heterocycles. The number of amidine groups is 1. The summed E-state index contributed by atoms with van der Waals surface area (Å²) < 4.78 is 23.3. The molecule has 0 aliphatic carbocycles. The first-order valence-electron chi connectivity index (χ1n) is 6.09. The fourth-order valence-corrected chi connectivity index (χ4v) is 1.52. The van der Waals surface area contributed by atoms with E-state index in [-0.39, 0.29) is 12.3 Å². The molecule has 1 aromatic rings. The number of hydrogen-bond acceptors (Lipinski definition) is 3. The van der Waals surface area contributed by atoms with E-state index in [0.717, 1.165) is 0 Å². The summed E-state index contributed by atoms with van der Waals surface area (Å²) in [6.45, 7) is 5.19. The average molecular weight is 282 g/mol. The molecule has 0 spiro atoms. The van der Waals surface area contributed by atoms with Crippen molar-refractivity contribution >= 4 is 11.9 Å². The zero-order chi connectivity index (χ0) is 15.3. The second-order valence-electron chi connectivity index (χ2n) is 5.22. The van der Waals surface area contributed by atoms with E-state index in [2.05, 4.69) is 4.99 Å². The largest absolute Gasteiger partial charge is 0.496 e. The Morgan fingerprint density at radius 2 is 2.05 bits per heavy atom. The molecule has 0 heterocycles. The molecule has 20 heavy (non-hydrogen) atoms. The normalized spacial score (nSPS) is 12.2. The maximum absolute atomic E-state index is 13.2. The third-order valence-electron chi connectivity index (χ3n) is 2.24. The van der Waals surface area contributed by atoms with Crippen molar-refractivity contribution in [3.05, 3.63) is 29.6 Å². The zero-order valence-corrected chi connectivity index (χ0v) is 12.1. The second kappa shape index (κ2) is 6.36. The Morgan fingerprint density at radius 3 is 2.60 bits per heavy atom. The van der Waals surface area contributed by atoms with E-state index >= 15 is 0 Å². The van der Waals surface area contributed by atoms with Crippen LogP contribution in [-0.4, -0.2) is 24.6 Å². The van der Waals surface area contributed by atoms with Crippen molar-refractivity contribution in [3.8, 4) is 5.75 Å². The molecule has 5 nitrogen and oxygen atoms in total. The highest BCUT2D eigenvalue weighted by Gasteiger charge is 2.16. The number of hydrogen-bond donors (Lipinski definition) is 1. The number of benzene rings is 1. The summed E-state index contributed by atoms with van der Waals surface area (Å²) >= 11 is 0. The fraction of sp³-hybridized carbons (Fsp3) is 0.429. The van der Waals surface area contributed by atoms with Gasteiger partial charge in [-0.3, -0.25) is 0 Å². The van der Waals surface area contributed by atoms with Gasteiger partial charge in [-0.15, -0.1) is 0 Å². The highest BCUT2D eigenvalue weighted by atomic mass is 19.1. The lowest BCUT2D eigenvalue weighted by molar-refractivity contribution is 0.0604. The average Bonchev–Trinajstić information content (AvgIpc) is 2.26. The maximum Gasteiger partial charge on any atom is 0.435 e. The lowest BCUT2D eigenvalue weighted by Gasteiger charge is -2.17. The number of halogens is 1. The molecular formula is C14H19FN2O3. The summed E-state index contributed by atoms with van der Waals surface area (Å²) in [5.41, 5.74) is 5.54. The molecule has 6 heteroatoms. The van der Waals surface area contributed by atoms with E-state index in [9.17, 15) is 9.18 Å². The van der Waals surface area contributed by atoms with E-state index in [1.807, 2.05) is 0 Å². The molecule has 110 valence electrons. The summed E-state index contributed by atoms with van der Waals surface area (Å²) in [4.78, 5) is 15.1. The summed E-state index contributed by atoms with van der Waals surface area (Å²) in [6.07, 6.45) is -0.675. The van der Waals surface area contributed by atoms with E-state index < -0.39 is 17.5 Å². The van der Waals surface area contributed by atoms with E-state index in [1.165, 1.54) is 25.3 Å². The van der Waals surface area contributed by atoms with Crippen LogP contribution in [0.15, 0.2) is 23.2 Å². The van der Waals surface area contributed by atoms with Crippen molar-refractivity contribution in [2.24, 2.45) is 10.7 Å². The number of nitrogens with zero attached hydrogens (tertiary/aromatic N) is 1. The number of methoxy groups -OCH3 is 1. The smallest absolute Gasteiger partial charge is 0.435 e. The van der Waals surface area contributed by atoms with Gasteiger partial charge in [-0.05, 0) is 39.0 Å². The lowest BCUT2D eigenvalue weighted by atomic mass is 10.1. The second-order valence-corrected chi connectivity index (χ2v) is 5.22. The Labute approximate surface area is 117 Å². The van der Waals surface area contributed by atoms with Crippen LogP contribution in [0.5, 0.6) is 5.75 Å². The van der Waals surface area contributed by atoms with Crippen LogP contribution in [-0.2, 0) is 11.2 Å². The first kappa shape index (κ1) is 15.9. The molecular weight excluding hydrogens is 263 g/mol. The first-order chi connectivity index (χ1) is 9.21. The molecule has 0 atom stereocenters. The molecule has 1 amide bonds. The van der Waals surface area contributed by atoms with E-state index in [0.29, 0.717) is 11.3 Å². The monoisotopic (exact) mass is 282 g/mol. The maximum atomic E-state index is 13.2. The highest BCUT2D eigenvalue weighted by molar-refractivity contribution is 5.92. The molecule has 1 rings (SSSR count). The molecule has 0 bridgehead atoms. The molecule has 0 radical (unpaired) electrons. The molecule has 1 aromatic carbocycles. The van der Waals surface area contributed by atoms with Crippen molar-refractivity contribution in [3.63, 3.8) is 0 Å². The standard InChI is InChI=1S/C14H19FN2O3/c1-14(2,3)20-13(18)17-12(16)8-9-7-10(15)5-6-11(9)19-4/h5-7H,8H2,1-4H3,(H2,16,17,18). The number of carbonyl (C=O) groups is 1. The first-order valence-corrected chi connectivity index (χ1v) is 6.09. The minimum atomic E-state index is -0.773. The van der Waals surface area contributed by atoms with Crippen LogP contribution in [0.25, 0.3) is 0 Å². The number of ether oxygens (including phenoxy) is 2. The van der Waals surface area contributed by atoms with E-state index in [4.69, 9.17) is 15.2 Å². The summed E-state index contributed by atoms with van der Waals surface area (Å²) in [7, 11) is 1.47. The third kappa shape index (κ3) is 5.26. The number of rotatable bonds is 3. The van der Waals surface area contributed by atoms with Crippen LogP contribution < -0.4 is 10.5 Å². The molecule has 2 N–H and O–H groups in total. The Kier molecular flexibility index (Phi) is 5.07. The summed E-state index contributed by atoms with van der Waals surface area (Å²) in [5.74, 6) is 0.0998. The number of nitrogens with two attached hydrogens (primary N) is 1. The van der Waals surface area contributed by atoms with Crippen LogP contribution >= 0.6 is 0 Å². The number of amides is 1. The van der Waals surface area contributed by atoms with Crippen molar-refractivity contribution in [2.75, 3.05) is 7.11 Å². The van der Waals surface area contributed by atoms with E-state index in [1.54, 1.807) is 20.8 Å². The lowest BCUT2D eigenvalue weighted by Crippen LogP contribution is -2.24. The number of aliphatic imine (C=N–C) groups is 1. The predicted molar refractivity (Wildman–Crippen MR) is 74.5 cm³/mol. The summed E-state index contributed by atoms with van der Waals surface area (Å²) in [6, 6.07) is 4.06. The van der Waals surface area contributed by atoms with Crippen molar-refractivity contribution in [1.29, 1.82) is 0 Å². The van der Waals surface area contributed by atoms with Gasteiger partial charge in [-0.2, -0.15) is 4.99 Å². The molecule has 0 fully saturated rings. The zero-order valence-electron chi connectivity index (χ0n) is 12.1. The molecule has 0 aliphatic rings. The Hall–Kier alpha value is -2.11. The van der Waals surface area contributed by atoms with Gasteiger partial charge in [0.2, 0.25) is 0 Å². The molecule has 0 aliphatic heterocycles. The van der Waals surface area contributed by atoms with Crippen LogP contribution in [0.2, 0.25) is 0 Å². The van der Waals surface area contributed by atoms with Gasteiger partial charge < -0.3 is 15.2 Å². The highest BCUT2D eigenvalue weighted by Crippen LogP contribution is 2.19. The minimum absolute atomic E-state index is 0.0307. The van der Waals surface area contributed by atoms with Crippen molar-refractivity contribution in [2.45, 2.75) is 32.8 Å². The van der Waals surface area contributed by atoms with Gasteiger partial charge >= 0.3 is 6.09 Å². The number of carbonyl (C=O) groups excluding carboxylic acids is 1. The molecule has 0 saturated carbocycles. The fourth-order valence-electron chi connectivity index (χ4n) is 1.52. The Balaban J connectivity index is 2.82. The van der Waals surface area contributed by atoms with Gasteiger partial charge in [0.1, 0.15) is 23.0 Å². The Bertz CT molecular complexity index is 522. The third-order valence-corrected chi connectivity index (χ3v) is 2.24. The van der Waals surface area contributed by atoms with Gasteiger partial charge in [-0.25, -0.2) is 9.18 Å². The van der Waals surface area contributed by atoms with Gasteiger partial charge in [0.05, 0.1) is 7.11 Å². The van der Waals surface area contributed by atoms with Gasteiger partial charge in [-0.1, -0.05) is 0 Å². The quantitative estimate of drug-likeness (QED) is 0.683. The predicted octanol–water partition coefficient (Wildman–Crippen LogP) is 2.67. The van der Waals surface area contributed by atoms with Crippen molar-refractivity contribution in [1.82, 2.24) is 0 Å². The molecule has 0 unspecified atom stereocenters. The SMILES string of the molecule is COc1ccc(F)cc1C/C(N)=N/C(=O)OC(C)(C)C. The Morgan fingerprint density at radius 1 is 1.40 bits per heavy atom. The minimum Gasteiger partial charge on any atom is -0.496 e.